The van der Waals surface area contributed by atoms with Crippen LogP contribution in [0, 0.1) is 11.8 Å². The molecule has 0 radical (unpaired) electrons. The molecule has 1 aromatic carbocycles. The quantitative estimate of drug-likeness (QED) is 0.778. The topological polar surface area (TPSA) is 61.9 Å². The second-order valence-corrected chi connectivity index (χ2v) is 8.09. The minimum atomic E-state index is -0.282. The van der Waals surface area contributed by atoms with Crippen LogP contribution in [0.4, 0.5) is 5.69 Å². The molecular weight excluding hydrogens is 354 g/mol. The lowest BCUT2D eigenvalue weighted by molar-refractivity contribution is -0.126. The van der Waals surface area contributed by atoms with Crippen molar-refractivity contribution in [3.63, 3.8) is 0 Å². The van der Waals surface area contributed by atoms with Crippen molar-refractivity contribution in [1.29, 1.82) is 0 Å². The van der Waals surface area contributed by atoms with E-state index >= 15 is 0 Å². The number of amides is 2. The van der Waals surface area contributed by atoms with Crippen LogP contribution in [0.3, 0.4) is 0 Å². The number of ether oxygens (including phenoxy) is 1. The van der Waals surface area contributed by atoms with E-state index in [0.717, 1.165) is 44.0 Å². The summed E-state index contributed by atoms with van der Waals surface area (Å²) in [6.07, 6.45) is 1.15. The van der Waals surface area contributed by atoms with Gasteiger partial charge in [0, 0.05) is 44.3 Å². The summed E-state index contributed by atoms with van der Waals surface area (Å²) in [5.74, 6) is 0.185. The van der Waals surface area contributed by atoms with Crippen molar-refractivity contribution in [2.24, 2.45) is 11.8 Å². The van der Waals surface area contributed by atoms with Gasteiger partial charge in [0.1, 0.15) is 0 Å². The first-order valence-electron chi connectivity index (χ1n) is 10.5. The Morgan fingerprint density at radius 2 is 1.96 bits per heavy atom. The highest BCUT2D eigenvalue weighted by Gasteiger charge is 2.36. The highest BCUT2D eigenvalue weighted by molar-refractivity contribution is 6.00. The Morgan fingerprint density at radius 1 is 1.25 bits per heavy atom. The number of carbonyl (C=O) groups excluding carboxylic acids is 2. The standard InChI is InChI=1S/C22H33N3O3/c1-4-17-7-5-6-8-19(17)25-15-18(13-21(25)26)22(27)23-14-20(16(2)3)24-9-11-28-12-10-24/h5-8,16,18,20H,4,9-15H2,1-3H3,(H,23,27). The summed E-state index contributed by atoms with van der Waals surface area (Å²) in [5, 5.41) is 3.12. The number of nitrogens with zero attached hydrogens (tertiary/aromatic N) is 2. The van der Waals surface area contributed by atoms with Crippen molar-refractivity contribution >= 4 is 17.5 Å². The van der Waals surface area contributed by atoms with Crippen molar-refractivity contribution in [3.05, 3.63) is 29.8 Å². The van der Waals surface area contributed by atoms with E-state index in [1.807, 2.05) is 24.3 Å². The summed E-state index contributed by atoms with van der Waals surface area (Å²) in [6.45, 7) is 10.9. The summed E-state index contributed by atoms with van der Waals surface area (Å²) in [7, 11) is 0. The summed E-state index contributed by atoms with van der Waals surface area (Å²) in [6, 6.07) is 8.26. The third kappa shape index (κ3) is 4.73. The van der Waals surface area contributed by atoms with Gasteiger partial charge >= 0.3 is 0 Å². The van der Waals surface area contributed by atoms with E-state index in [9.17, 15) is 9.59 Å². The number of carbonyl (C=O) groups is 2. The Kier molecular flexibility index (Phi) is 7.08. The second-order valence-electron chi connectivity index (χ2n) is 8.09. The monoisotopic (exact) mass is 387 g/mol. The molecule has 28 heavy (non-hydrogen) atoms. The average molecular weight is 388 g/mol. The van der Waals surface area contributed by atoms with Crippen LogP contribution >= 0.6 is 0 Å². The first kappa shape index (κ1) is 20.8. The first-order valence-corrected chi connectivity index (χ1v) is 10.5. The molecule has 0 aliphatic carbocycles. The zero-order valence-electron chi connectivity index (χ0n) is 17.3. The molecule has 6 heteroatoms. The molecule has 2 heterocycles. The number of benzene rings is 1. The molecule has 2 fully saturated rings. The first-order chi connectivity index (χ1) is 13.5. The van der Waals surface area contributed by atoms with Crippen LogP contribution < -0.4 is 10.2 Å². The molecule has 2 unspecified atom stereocenters. The van der Waals surface area contributed by atoms with Gasteiger partial charge in [-0.2, -0.15) is 0 Å². The number of rotatable bonds is 7. The summed E-state index contributed by atoms with van der Waals surface area (Å²) in [4.78, 5) is 29.6. The number of hydrogen-bond acceptors (Lipinski definition) is 4. The number of hydrogen-bond donors (Lipinski definition) is 1. The SMILES string of the molecule is CCc1ccccc1N1CC(C(=O)NCC(C(C)C)N2CCOCC2)CC1=O. The predicted molar refractivity (Wildman–Crippen MR) is 110 cm³/mol. The maximum Gasteiger partial charge on any atom is 0.227 e. The fourth-order valence-corrected chi connectivity index (χ4v) is 4.23. The molecule has 2 aliphatic rings. The zero-order chi connectivity index (χ0) is 20.1. The molecule has 0 bridgehead atoms. The number of anilines is 1. The lowest BCUT2D eigenvalue weighted by Gasteiger charge is -2.37. The van der Waals surface area contributed by atoms with Crippen LogP contribution in [0.15, 0.2) is 24.3 Å². The Balaban J connectivity index is 1.59. The zero-order valence-corrected chi connectivity index (χ0v) is 17.3. The summed E-state index contributed by atoms with van der Waals surface area (Å²) < 4.78 is 5.45. The highest BCUT2D eigenvalue weighted by atomic mass is 16.5. The van der Waals surface area contributed by atoms with Gasteiger partial charge in [0.15, 0.2) is 0 Å². The minimum absolute atomic E-state index is 0.0104. The second kappa shape index (κ2) is 9.52. The molecule has 1 aromatic rings. The number of nitrogens with one attached hydrogen (secondary N) is 1. The van der Waals surface area contributed by atoms with Crippen LogP contribution in [0.5, 0.6) is 0 Å². The van der Waals surface area contributed by atoms with Crippen LogP contribution in [-0.2, 0) is 20.7 Å². The third-order valence-corrected chi connectivity index (χ3v) is 5.93. The van der Waals surface area contributed by atoms with E-state index < -0.39 is 0 Å². The Hall–Kier alpha value is -1.92. The van der Waals surface area contributed by atoms with Crippen LogP contribution in [0.1, 0.15) is 32.8 Å². The van der Waals surface area contributed by atoms with Gasteiger partial charge in [0.25, 0.3) is 0 Å². The number of morpholine rings is 1. The maximum absolute atomic E-state index is 12.8. The van der Waals surface area contributed by atoms with E-state index in [0.29, 0.717) is 25.0 Å². The lowest BCUT2D eigenvalue weighted by atomic mass is 10.0. The fraction of sp³-hybridized carbons (Fsp3) is 0.636. The van der Waals surface area contributed by atoms with Crippen molar-refractivity contribution in [2.45, 2.75) is 39.7 Å². The molecule has 2 aliphatic heterocycles. The van der Waals surface area contributed by atoms with Gasteiger partial charge in [0.05, 0.1) is 19.1 Å². The van der Waals surface area contributed by atoms with Crippen molar-refractivity contribution < 1.29 is 14.3 Å². The van der Waals surface area contributed by atoms with Gasteiger partial charge in [-0.25, -0.2) is 0 Å². The van der Waals surface area contributed by atoms with Gasteiger partial charge < -0.3 is 15.0 Å². The molecule has 2 saturated heterocycles. The van der Waals surface area contributed by atoms with Crippen molar-refractivity contribution in [3.8, 4) is 0 Å². The van der Waals surface area contributed by atoms with Gasteiger partial charge in [-0.15, -0.1) is 0 Å². The van der Waals surface area contributed by atoms with E-state index in [2.05, 4.69) is 31.0 Å². The van der Waals surface area contributed by atoms with E-state index in [4.69, 9.17) is 4.74 Å². The molecule has 0 aromatic heterocycles. The molecule has 2 atom stereocenters. The molecule has 154 valence electrons. The fourth-order valence-electron chi connectivity index (χ4n) is 4.23. The Labute approximate surface area is 168 Å². The van der Waals surface area contributed by atoms with Crippen LogP contribution in [0.25, 0.3) is 0 Å². The van der Waals surface area contributed by atoms with Crippen LogP contribution in [-0.4, -0.2) is 62.1 Å². The van der Waals surface area contributed by atoms with Crippen molar-refractivity contribution in [2.75, 3.05) is 44.3 Å². The number of aryl methyl sites for hydroxylation is 1. The molecule has 6 nitrogen and oxygen atoms in total. The normalized spacial score (nSPS) is 21.9. The van der Waals surface area contributed by atoms with E-state index in [1.54, 1.807) is 4.90 Å². The van der Waals surface area contributed by atoms with E-state index in [1.165, 1.54) is 0 Å². The third-order valence-electron chi connectivity index (χ3n) is 5.93. The van der Waals surface area contributed by atoms with Gasteiger partial charge in [0.2, 0.25) is 11.8 Å². The van der Waals surface area contributed by atoms with Gasteiger partial charge in [-0.05, 0) is 24.0 Å². The smallest absolute Gasteiger partial charge is 0.227 e. The largest absolute Gasteiger partial charge is 0.379 e. The van der Waals surface area contributed by atoms with Crippen LogP contribution in [0.2, 0.25) is 0 Å². The van der Waals surface area contributed by atoms with E-state index in [-0.39, 0.29) is 24.2 Å². The molecule has 1 N–H and O–H groups in total. The molecule has 2 amide bonds. The predicted octanol–water partition coefficient (Wildman–Crippen LogP) is 2.07. The lowest BCUT2D eigenvalue weighted by Crippen LogP contribution is -2.51. The molecule has 0 saturated carbocycles. The molecule has 3 rings (SSSR count). The average Bonchev–Trinajstić information content (AvgIpc) is 3.10. The molecule has 0 spiro atoms. The summed E-state index contributed by atoms with van der Waals surface area (Å²) >= 11 is 0. The summed E-state index contributed by atoms with van der Waals surface area (Å²) in [5.41, 5.74) is 2.09. The Morgan fingerprint density at radius 3 is 2.64 bits per heavy atom. The molecular formula is C22H33N3O3. The minimum Gasteiger partial charge on any atom is -0.379 e. The Bertz CT molecular complexity index is 685. The van der Waals surface area contributed by atoms with Crippen molar-refractivity contribution in [1.82, 2.24) is 10.2 Å². The van der Waals surface area contributed by atoms with Gasteiger partial charge in [-0.3, -0.25) is 14.5 Å². The number of para-hydroxylation sites is 1. The highest BCUT2D eigenvalue weighted by Crippen LogP contribution is 2.28. The maximum atomic E-state index is 12.8. The van der Waals surface area contributed by atoms with Gasteiger partial charge in [-0.1, -0.05) is 39.0 Å².